The third-order valence-electron chi connectivity index (χ3n) is 5.58. The van der Waals surface area contributed by atoms with E-state index in [-0.39, 0.29) is 17.9 Å². The monoisotopic (exact) mass is 602 g/mol. The van der Waals surface area contributed by atoms with Crippen LogP contribution in [0.4, 0.5) is 5.69 Å². The quantitative estimate of drug-likeness (QED) is 0.0980. The van der Waals surface area contributed by atoms with Gasteiger partial charge in [0.2, 0.25) is 0 Å². The summed E-state index contributed by atoms with van der Waals surface area (Å²) in [5.41, 5.74) is 2.63. The summed E-state index contributed by atoms with van der Waals surface area (Å²) < 4.78 is 8.03. The van der Waals surface area contributed by atoms with Crippen LogP contribution in [0.2, 0.25) is 0 Å². The van der Waals surface area contributed by atoms with Gasteiger partial charge < -0.3 is 4.74 Å². The Morgan fingerprint density at radius 2 is 1.76 bits per heavy atom. The molecule has 0 atom stereocenters. The SMILES string of the molecule is O=c1c2ccccc2nc(-c2ccccc2)n1N=Cc1ccc(OCc2cccc([N+](=O)[O-])c2)c(I)c1. The van der Waals surface area contributed by atoms with E-state index in [1.54, 1.807) is 36.5 Å². The Morgan fingerprint density at radius 1 is 0.973 bits per heavy atom. The van der Waals surface area contributed by atoms with Crippen LogP contribution in [0.1, 0.15) is 11.1 Å². The van der Waals surface area contributed by atoms with E-state index in [1.807, 2.05) is 54.6 Å². The standard InChI is InChI=1S/C28H19IN4O4/c29-24-16-19(13-14-26(24)37-18-20-7-6-10-22(15-20)33(35)36)17-30-32-27(21-8-2-1-3-9-21)31-25-12-5-4-11-23(25)28(32)34/h1-17H,18H2. The molecule has 37 heavy (non-hydrogen) atoms. The first-order valence-electron chi connectivity index (χ1n) is 11.3. The van der Waals surface area contributed by atoms with Gasteiger partial charge in [-0.25, -0.2) is 4.98 Å². The van der Waals surface area contributed by atoms with Crippen molar-refractivity contribution < 1.29 is 9.66 Å². The van der Waals surface area contributed by atoms with E-state index in [0.29, 0.717) is 28.0 Å². The number of hydrogen-bond donors (Lipinski definition) is 0. The number of ether oxygens (including phenoxy) is 1. The Morgan fingerprint density at radius 3 is 2.54 bits per heavy atom. The molecule has 0 aliphatic rings. The van der Waals surface area contributed by atoms with Crippen molar-refractivity contribution in [2.75, 3.05) is 0 Å². The van der Waals surface area contributed by atoms with E-state index in [0.717, 1.165) is 14.7 Å². The Balaban J connectivity index is 1.43. The normalized spacial score (nSPS) is 11.2. The van der Waals surface area contributed by atoms with E-state index < -0.39 is 4.92 Å². The summed E-state index contributed by atoms with van der Waals surface area (Å²) in [5.74, 6) is 1.09. The predicted molar refractivity (Wildman–Crippen MR) is 151 cm³/mol. The topological polar surface area (TPSA) is 99.6 Å². The molecule has 8 nitrogen and oxygen atoms in total. The number of benzene rings is 4. The zero-order valence-corrected chi connectivity index (χ0v) is 21.5. The lowest BCUT2D eigenvalue weighted by atomic mass is 10.2. The molecule has 0 radical (unpaired) electrons. The van der Waals surface area contributed by atoms with Crippen LogP contribution in [0.25, 0.3) is 22.3 Å². The van der Waals surface area contributed by atoms with Crippen LogP contribution < -0.4 is 10.3 Å². The molecule has 4 aromatic carbocycles. The molecule has 0 saturated heterocycles. The van der Waals surface area contributed by atoms with Gasteiger partial charge in [0.15, 0.2) is 5.82 Å². The van der Waals surface area contributed by atoms with Crippen LogP contribution in [-0.2, 0) is 6.61 Å². The second kappa shape index (κ2) is 10.7. The van der Waals surface area contributed by atoms with E-state index in [9.17, 15) is 14.9 Å². The first-order valence-corrected chi connectivity index (χ1v) is 12.3. The molecule has 5 aromatic rings. The molecule has 1 aromatic heterocycles. The minimum Gasteiger partial charge on any atom is -0.488 e. The van der Waals surface area contributed by atoms with Crippen molar-refractivity contribution in [1.29, 1.82) is 0 Å². The van der Waals surface area contributed by atoms with Gasteiger partial charge in [0, 0.05) is 17.7 Å². The van der Waals surface area contributed by atoms with Gasteiger partial charge in [0.1, 0.15) is 12.4 Å². The molecule has 0 saturated carbocycles. The Hall–Kier alpha value is -4.38. The fourth-order valence-corrected chi connectivity index (χ4v) is 4.46. The van der Waals surface area contributed by atoms with Gasteiger partial charge >= 0.3 is 0 Å². The number of nitro groups is 1. The summed E-state index contributed by atoms with van der Waals surface area (Å²) in [6.45, 7) is 0.198. The molecule has 0 bridgehead atoms. The summed E-state index contributed by atoms with van der Waals surface area (Å²) >= 11 is 2.16. The highest BCUT2D eigenvalue weighted by atomic mass is 127. The third-order valence-corrected chi connectivity index (χ3v) is 6.42. The average Bonchev–Trinajstić information content (AvgIpc) is 2.92. The lowest BCUT2D eigenvalue weighted by Gasteiger charge is -2.10. The number of hydrogen-bond acceptors (Lipinski definition) is 6. The number of nitrogens with zero attached hydrogens (tertiary/aromatic N) is 4. The molecule has 0 unspecified atom stereocenters. The van der Waals surface area contributed by atoms with E-state index in [2.05, 4.69) is 27.7 Å². The molecule has 0 aliphatic carbocycles. The average molecular weight is 602 g/mol. The molecule has 1 heterocycles. The number of para-hydroxylation sites is 1. The fraction of sp³-hybridized carbons (Fsp3) is 0.0357. The van der Waals surface area contributed by atoms with Gasteiger partial charge in [-0.05, 0) is 64.0 Å². The molecule has 5 rings (SSSR count). The summed E-state index contributed by atoms with van der Waals surface area (Å²) in [6, 6.07) is 28.5. The highest BCUT2D eigenvalue weighted by molar-refractivity contribution is 14.1. The maximum absolute atomic E-state index is 13.3. The van der Waals surface area contributed by atoms with Gasteiger partial charge in [-0.15, -0.1) is 0 Å². The van der Waals surface area contributed by atoms with Crippen molar-refractivity contribution in [1.82, 2.24) is 9.66 Å². The van der Waals surface area contributed by atoms with Gasteiger partial charge in [-0.1, -0.05) is 54.6 Å². The zero-order valence-electron chi connectivity index (χ0n) is 19.3. The summed E-state index contributed by atoms with van der Waals surface area (Å²) in [6.07, 6.45) is 1.61. The summed E-state index contributed by atoms with van der Waals surface area (Å²) in [5, 5.41) is 16.0. The van der Waals surface area contributed by atoms with Crippen molar-refractivity contribution in [2.24, 2.45) is 5.10 Å². The Labute approximate surface area is 225 Å². The molecular formula is C28H19IN4O4. The van der Waals surface area contributed by atoms with Gasteiger partial charge in [-0.3, -0.25) is 14.9 Å². The van der Waals surface area contributed by atoms with Crippen LogP contribution in [0.15, 0.2) is 107 Å². The number of rotatable bonds is 7. The minimum absolute atomic E-state index is 0.0238. The van der Waals surface area contributed by atoms with Crippen LogP contribution in [-0.4, -0.2) is 20.8 Å². The van der Waals surface area contributed by atoms with Crippen LogP contribution in [0, 0.1) is 13.7 Å². The lowest BCUT2D eigenvalue weighted by Crippen LogP contribution is -2.20. The third kappa shape index (κ3) is 5.41. The van der Waals surface area contributed by atoms with E-state index in [1.165, 1.54) is 16.8 Å². The number of halogens is 1. The Bertz CT molecular complexity index is 1700. The first-order chi connectivity index (χ1) is 18.0. The maximum atomic E-state index is 13.3. The van der Waals surface area contributed by atoms with Crippen molar-refractivity contribution in [2.45, 2.75) is 6.61 Å². The van der Waals surface area contributed by atoms with Crippen molar-refractivity contribution in [3.63, 3.8) is 0 Å². The molecule has 0 amide bonds. The fourth-order valence-electron chi connectivity index (χ4n) is 3.76. The zero-order chi connectivity index (χ0) is 25.8. The largest absolute Gasteiger partial charge is 0.488 e. The molecule has 0 spiro atoms. The second-order valence-corrected chi connectivity index (χ2v) is 9.25. The van der Waals surface area contributed by atoms with Crippen LogP contribution in [0.3, 0.4) is 0 Å². The van der Waals surface area contributed by atoms with Crippen molar-refractivity contribution in [3.8, 4) is 17.1 Å². The van der Waals surface area contributed by atoms with Crippen molar-refractivity contribution >= 4 is 45.4 Å². The minimum atomic E-state index is -0.430. The first kappa shape index (κ1) is 24.3. The predicted octanol–water partition coefficient (Wildman–Crippen LogP) is 6.04. The van der Waals surface area contributed by atoms with Crippen molar-refractivity contribution in [3.05, 3.63) is 132 Å². The molecule has 182 valence electrons. The van der Waals surface area contributed by atoms with Gasteiger partial charge in [-0.2, -0.15) is 9.78 Å². The van der Waals surface area contributed by atoms with Crippen LogP contribution in [0.5, 0.6) is 5.75 Å². The lowest BCUT2D eigenvalue weighted by molar-refractivity contribution is -0.384. The number of non-ortho nitro benzene ring substituents is 1. The number of fused-ring (bicyclic) bond motifs is 1. The van der Waals surface area contributed by atoms with Crippen LogP contribution >= 0.6 is 22.6 Å². The molecular weight excluding hydrogens is 583 g/mol. The summed E-state index contributed by atoms with van der Waals surface area (Å²) in [4.78, 5) is 28.6. The van der Waals surface area contributed by atoms with Gasteiger partial charge in [0.05, 0.1) is 25.6 Å². The summed E-state index contributed by atoms with van der Waals surface area (Å²) in [7, 11) is 0. The number of nitro benzene ring substituents is 1. The molecule has 0 fully saturated rings. The van der Waals surface area contributed by atoms with Gasteiger partial charge in [0.25, 0.3) is 11.2 Å². The smallest absolute Gasteiger partial charge is 0.282 e. The number of aromatic nitrogens is 2. The molecule has 9 heteroatoms. The highest BCUT2D eigenvalue weighted by Crippen LogP contribution is 2.24. The molecule has 0 N–H and O–H groups in total. The highest BCUT2D eigenvalue weighted by Gasteiger charge is 2.12. The molecule has 0 aliphatic heterocycles. The van der Waals surface area contributed by atoms with E-state index in [4.69, 9.17) is 9.72 Å². The maximum Gasteiger partial charge on any atom is 0.282 e. The second-order valence-electron chi connectivity index (χ2n) is 8.09. The van der Waals surface area contributed by atoms with E-state index >= 15 is 0 Å². The Kier molecular flexibility index (Phi) is 7.04.